The first kappa shape index (κ1) is 31.5. The van der Waals surface area contributed by atoms with Gasteiger partial charge >= 0.3 is 16.1 Å². The Hall–Kier alpha value is -3.53. The maximum Gasteiger partial charge on any atom is 0.695 e. The lowest BCUT2D eigenvalue weighted by Crippen LogP contribution is -2.35. The molecule has 0 amide bonds. The highest BCUT2D eigenvalue weighted by Gasteiger charge is 2.52. The molecule has 0 aliphatic carbocycles. The third-order valence-electron chi connectivity index (χ3n) is 7.13. The first-order valence-electron chi connectivity index (χ1n) is 12.9. The molecule has 24 heteroatoms. The number of nitrogens with one attached hydrogen (secondary N) is 1. The number of hydrogen-bond acceptors (Lipinski definition) is 16. The maximum absolute atomic E-state index is 14.7. The Morgan fingerprint density at radius 1 is 1.20 bits per heavy atom. The van der Waals surface area contributed by atoms with E-state index in [1.165, 1.54) is 10.9 Å². The van der Waals surface area contributed by atoms with Gasteiger partial charge in [0.15, 0.2) is 41.2 Å². The van der Waals surface area contributed by atoms with Gasteiger partial charge in [-0.1, -0.05) is 0 Å². The van der Waals surface area contributed by atoms with Crippen LogP contribution in [0.3, 0.4) is 0 Å². The number of aliphatic hydroxyl groups is 2. The fourth-order valence-electron chi connectivity index (χ4n) is 5.25. The largest absolute Gasteiger partial charge is 0.695 e. The number of aliphatic hydroxyl groups excluding tert-OH is 2. The molecule has 0 bridgehead atoms. The predicted molar refractivity (Wildman–Crippen MR) is 145 cm³/mol. The molecule has 242 valence electrons. The van der Waals surface area contributed by atoms with Gasteiger partial charge in [-0.3, -0.25) is 23.4 Å². The highest BCUT2D eigenvalue weighted by molar-refractivity contribution is 7.47. The molecule has 9 atom stereocenters. The van der Waals surface area contributed by atoms with Crippen molar-refractivity contribution in [3.05, 3.63) is 35.0 Å². The number of aromatic nitrogens is 7. The zero-order chi connectivity index (χ0) is 32.2. The molecule has 0 spiro atoms. The molecule has 4 aromatic heterocycles. The van der Waals surface area contributed by atoms with Gasteiger partial charge in [0.1, 0.15) is 30.5 Å². The maximum atomic E-state index is 14.7. The number of phosphoric acid groups is 1. The number of fused-ring (bicyclic) bond motifs is 2. The summed E-state index contributed by atoms with van der Waals surface area (Å²) >= 11 is 0. The summed E-state index contributed by atoms with van der Waals surface area (Å²) in [5, 5.41) is 20.4. The lowest BCUT2D eigenvalue weighted by atomic mass is 10.1. The van der Waals surface area contributed by atoms with Crippen molar-refractivity contribution in [1.82, 2.24) is 34.1 Å². The van der Waals surface area contributed by atoms with Crippen LogP contribution in [0, 0.1) is 5.82 Å². The Labute approximate surface area is 250 Å². The van der Waals surface area contributed by atoms with Crippen LogP contribution in [-0.4, -0.2) is 97.8 Å². The molecule has 4 aromatic rings. The fourth-order valence-corrected chi connectivity index (χ4v) is 6.64. The van der Waals surface area contributed by atoms with Gasteiger partial charge in [-0.15, -0.1) is 9.42 Å². The van der Waals surface area contributed by atoms with Crippen LogP contribution in [0.2, 0.25) is 0 Å². The first-order valence-corrected chi connectivity index (χ1v) is 15.6. The van der Waals surface area contributed by atoms with Gasteiger partial charge in [0.2, 0.25) is 5.95 Å². The van der Waals surface area contributed by atoms with Gasteiger partial charge in [0, 0.05) is 17.2 Å². The topological polar surface area (TPSA) is 308 Å². The minimum absolute atomic E-state index is 0.0272. The third-order valence-corrected chi connectivity index (χ3v) is 8.57. The van der Waals surface area contributed by atoms with Crippen LogP contribution in [0.25, 0.3) is 22.2 Å². The first-order chi connectivity index (χ1) is 21.4. The molecule has 21 nitrogen and oxygen atoms in total. The third kappa shape index (κ3) is 5.93. The Kier molecular flexibility index (Phi) is 8.39. The van der Waals surface area contributed by atoms with Gasteiger partial charge in [-0.25, -0.2) is 23.9 Å². The van der Waals surface area contributed by atoms with Crippen LogP contribution in [0.15, 0.2) is 23.6 Å². The second kappa shape index (κ2) is 12.0. The summed E-state index contributed by atoms with van der Waals surface area (Å²) in [7, 11) is -8.34. The molecule has 0 saturated carbocycles. The number of nitrogens with zero attached hydrogens (tertiary/aromatic N) is 6. The quantitative estimate of drug-likeness (QED) is 0.0985. The number of halogens is 1. The Balaban J connectivity index is 1.21. The zero-order valence-corrected chi connectivity index (χ0v) is 24.3. The summed E-state index contributed by atoms with van der Waals surface area (Å²) in [5.41, 5.74) is 10.5. The number of imidazole rings is 1. The number of nitrogen functional groups attached to an aromatic ring is 2. The van der Waals surface area contributed by atoms with Gasteiger partial charge in [0.25, 0.3) is 5.56 Å². The minimum Gasteiger partial charge on any atom is -0.394 e. The van der Waals surface area contributed by atoms with Crippen LogP contribution in [0.1, 0.15) is 18.9 Å². The second-order valence-corrected chi connectivity index (χ2v) is 12.0. The van der Waals surface area contributed by atoms with E-state index < -0.39 is 83.6 Å². The number of anilines is 2. The van der Waals surface area contributed by atoms with Crippen LogP contribution in [0.4, 0.5) is 16.2 Å². The average Bonchev–Trinajstić information content (AvgIpc) is 3.72. The van der Waals surface area contributed by atoms with E-state index >= 15 is 0 Å². The van der Waals surface area contributed by atoms with E-state index in [2.05, 4.69) is 24.9 Å². The number of hydrogen-bond donors (Lipinski definition) is 7. The number of aromatic amines is 1. The molecule has 2 saturated heterocycles. The molecule has 0 aromatic carbocycles. The Bertz CT molecular complexity index is 1870. The molecule has 4 unspecified atom stereocenters. The monoisotopic (exact) mass is 676 g/mol. The highest BCUT2D eigenvalue weighted by Crippen LogP contribution is 2.50. The number of rotatable bonds is 10. The summed E-state index contributed by atoms with van der Waals surface area (Å²) < 4.78 is 68.5. The van der Waals surface area contributed by atoms with E-state index in [0.29, 0.717) is 0 Å². The normalized spacial score (nSPS) is 28.6. The van der Waals surface area contributed by atoms with E-state index in [4.69, 9.17) is 34.5 Å². The SMILES string of the molecule is Nc1nc2c(ncn2[C@@H]2O[C@H](CO)CC2OP(=O)(O)OC[C@H]2O[C@@H](n3cc(F)c4c(N)ncnc43)[C@H](O)C2O[P+](=O)O)c(=O)[nH]1. The molecule has 2 fully saturated rings. The van der Waals surface area contributed by atoms with Crippen LogP contribution in [-0.2, 0) is 32.2 Å². The fraction of sp³-hybridized carbons (Fsp3) is 0.476. The second-order valence-electron chi connectivity index (χ2n) is 9.96. The molecule has 45 heavy (non-hydrogen) atoms. The smallest absolute Gasteiger partial charge is 0.394 e. The van der Waals surface area contributed by atoms with E-state index in [9.17, 15) is 38.3 Å². The standard InChI is InChI=1S/C21H24FN9O12P2/c22-8-2-30(16-11(8)15(23)25-5-26-16)20-13(33)14(42-44(35)36)10(41-20)4-39-45(37,38)43-9-1-7(3-32)40-19(9)31-6-27-12-17(31)28-21(24)29-18(12)34/h2,5-7,9-10,13-14,19-20,32-33H,1,3-4H2,(H6-,23,24,25,26,28,29,34,35,36,37,38)/p+1/t7-,9?,10+,13+,14?,19+,20+/m0/s1. The summed E-state index contributed by atoms with van der Waals surface area (Å²) in [4.78, 5) is 50.2. The number of phosphoric ester groups is 1. The zero-order valence-electron chi connectivity index (χ0n) is 22.6. The highest BCUT2D eigenvalue weighted by atomic mass is 31.2. The van der Waals surface area contributed by atoms with E-state index in [0.717, 1.165) is 17.1 Å². The van der Waals surface area contributed by atoms with Gasteiger partial charge < -0.3 is 40.6 Å². The number of H-pyrrole nitrogens is 1. The average molecular weight is 676 g/mol. The molecule has 6 rings (SSSR count). The Morgan fingerprint density at radius 2 is 1.98 bits per heavy atom. The molecule has 0 radical (unpaired) electrons. The molecule has 2 aliphatic heterocycles. The van der Waals surface area contributed by atoms with E-state index in [1.54, 1.807) is 0 Å². The molecule has 2 aliphatic rings. The molecular formula is C21H25FN9O12P2+. The van der Waals surface area contributed by atoms with Crippen molar-refractivity contribution in [2.75, 3.05) is 24.7 Å². The molecular weight excluding hydrogens is 651 g/mol. The number of ether oxygens (including phenoxy) is 2. The predicted octanol–water partition coefficient (Wildman–Crippen LogP) is -1.06. The number of nitrogens with two attached hydrogens (primary N) is 2. The molecule has 6 heterocycles. The summed E-state index contributed by atoms with van der Waals surface area (Å²) in [6.45, 7) is -1.33. The summed E-state index contributed by atoms with van der Waals surface area (Å²) in [5.74, 6) is -1.27. The van der Waals surface area contributed by atoms with Crippen molar-refractivity contribution in [2.45, 2.75) is 49.4 Å². The summed E-state index contributed by atoms with van der Waals surface area (Å²) in [6.07, 6.45) is -6.62. The van der Waals surface area contributed by atoms with E-state index in [-0.39, 0.29) is 40.4 Å². The van der Waals surface area contributed by atoms with Gasteiger partial charge in [0.05, 0.1) is 31.0 Å². The lowest BCUT2D eigenvalue weighted by Gasteiger charge is -2.23. The summed E-state index contributed by atoms with van der Waals surface area (Å²) in [6, 6.07) is 0. The van der Waals surface area contributed by atoms with Crippen molar-refractivity contribution < 1.29 is 56.6 Å². The Morgan fingerprint density at radius 3 is 2.71 bits per heavy atom. The van der Waals surface area contributed by atoms with Crippen LogP contribution in [0.5, 0.6) is 0 Å². The van der Waals surface area contributed by atoms with Gasteiger partial charge in [-0.2, -0.15) is 4.98 Å². The lowest BCUT2D eigenvalue weighted by molar-refractivity contribution is -0.0608. The van der Waals surface area contributed by atoms with Gasteiger partial charge in [-0.05, 0) is 0 Å². The van der Waals surface area contributed by atoms with Crippen molar-refractivity contribution in [3.8, 4) is 0 Å². The van der Waals surface area contributed by atoms with Crippen molar-refractivity contribution in [2.24, 2.45) is 0 Å². The van der Waals surface area contributed by atoms with Crippen LogP contribution >= 0.6 is 16.1 Å². The van der Waals surface area contributed by atoms with Crippen molar-refractivity contribution >= 4 is 50.0 Å². The van der Waals surface area contributed by atoms with Crippen LogP contribution < -0.4 is 17.0 Å². The molecule has 9 N–H and O–H groups in total. The van der Waals surface area contributed by atoms with E-state index in [1.807, 2.05) is 0 Å². The minimum atomic E-state index is -5.03. The van der Waals surface area contributed by atoms with Crippen molar-refractivity contribution in [3.63, 3.8) is 0 Å². The van der Waals surface area contributed by atoms with Crippen molar-refractivity contribution in [1.29, 1.82) is 0 Å².